The molecule has 1 unspecified atom stereocenters. The maximum absolute atomic E-state index is 13.0. The highest BCUT2D eigenvalue weighted by molar-refractivity contribution is 7.93. The molecule has 2 heterocycles. The Morgan fingerprint density at radius 3 is 2.81 bits per heavy atom. The first kappa shape index (κ1) is 13.8. The van der Waals surface area contributed by atoms with Crippen LogP contribution in [0.3, 0.4) is 0 Å². The fraction of sp³-hybridized carbons (Fsp3) is 0.214. The molecule has 0 saturated carbocycles. The molecule has 6 nitrogen and oxygen atoms in total. The first-order valence-electron chi connectivity index (χ1n) is 6.59. The Bertz CT molecular complexity index is 776. The molecule has 21 heavy (non-hydrogen) atoms. The molecular formula is C14H16N4O2S. The average Bonchev–Trinajstić information content (AvgIpc) is 2.83. The number of nitrogens with one attached hydrogen (secondary N) is 1. The number of nitrogen functional groups attached to an aromatic ring is 1. The van der Waals surface area contributed by atoms with Gasteiger partial charge in [-0.15, -0.1) is 0 Å². The molecule has 1 aromatic heterocycles. The van der Waals surface area contributed by atoms with Gasteiger partial charge < -0.3 is 5.43 Å². The van der Waals surface area contributed by atoms with Gasteiger partial charge in [0, 0.05) is 12.2 Å². The Hall–Kier alpha value is -2.12. The Kier molecular flexibility index (Phi) is 3.30. The molecule has 0 radical (unpaired) electrons. The van der Waals surface area contributed by atoms with Gasteiger partial charge in [-0.25, -0.2) is 4.98 Å². The Balaban J connectivity index is 2.15. The minimum Gasteiger partial charge on any atom is -0.321 e. The van der Waals surface area contributed by atoms with Crippen LogP contribution in [0.4, 0.5) is 11.4 Å². The van der Waals surface area contributed by atoms with E-state index in [1.807, 2.05) is 31.2 Å². The third-order valence-corrected chi connectivity index (χ3v) is 5.46. The molecule has 1 aliphatic rings. The van der Waals surface area contributed by atoms with Crippen LogP contribution in [0.1, 0.15) is 12.5 Å². The van der Waals surface area contributed by atoms with E-state index in [1.165, 1.54) is 10.5 Å². The first-order valence-corrected chi connectivity index (χ1v) is 8.03. The van der Waals surface area contributed by atoms with E-state index in [0.717, 1.165) is 5.56 Å². The summed E-state index contributed by atoms with van der Waals surface area (Å²) in [6.45, 7) is 1.88. The summed E-state index contributed by atoms with van der Waals surface area (Å²) in [5, 5.41) is -0.0592. The maximum atomic E-state index is 13.0. The topological polar surface area (TPSA) is 88.3 Å². The fourth-order valence-corrected chi connectivity index (χ4v) is 4.47. The van der Waals surface area contributed by atoms with E-state index < -0.39 is 10.0 Å². The first-order chi connectivity index (χ1) is 10.1. The molecule has 1 atom stereocenters. The Morgan fingerprint density at radius 1 is 1.29 bits per heavy atom. The highest BCUT2D eigenvalue weighted by Gasteiger charge is 2.37. The lowest BCUT2D eigenvalue weighted by Crippen LogP contribution is -2.36. The van der Waals surface area contributed by atoms with E-state index in [-0.39, 0.29) is 16.8 Å². The van der Waals surface area contributed by atoms with Crippen molar-refractivity contribution in [3.05, 3.63) is 48.2 Å². The summed E-state index contributed by atoms with van der Waals surface area (Å²) in [7, 11) is -3.76. The van der Waals surface area contributed by atoms with Crippen LogP contribution in [0, 0.1) is 0 Å². The molecule has 0 bridgehead atoms. The van der Waals surface area contributed by atoms with Crippen LogP contribution in [0.5, 0.6) is 0 Å². The van der Waals surface area contributed by atoms with Crippen molar-refractivity contribution in [3.63, 3.8) is 0 Å². The van der Waals surface area contributed by atoms with Gasteiger partial charge in [-0.05, 0) is 37.1 Å². The number of anilines is 2. The van der Waals surface area contributed by atoms with Crippen LogP contribution < -0.4 is 15.6 Å². The molecule has 1 aromatic carbocycles. The van der Waals surface area contributed by atoms with Gasteiger partial charge in [0.25, 0.3) is 10.0 Å². The quantitative estimate of drug-likeness (QED) is 0.663. The number of hydrogen-bond donors (Lipinski definition) is 2. The second-order valence-corrected chi connectivity index (χ2v) is 6.71. The Morgan fingerprint density at radius 2 is 2.05 bits per heavy atom. The fourth-order valence-electron chi connectivity index (χ4n) is 2.70. The van der Waals surface area contributed by atoms with Crippen molar-refractivity contribution in [2.75, 3.05) is 9.73 Å². The van der Waals surface area contributed by atoms with Gasteiger partial charge in [0.15, 0.2) is 0 Å². The van der Waals surface area contributed by atoms with Gasteiger partial charge in [0.1, 0.15) is 0 Å². The SMILES string of the molecule is CC1Cc2ccccc2N1S(=O)(=O)c1ncccc1NN. The number of rotatable bonds is 3. The lowest BCUT2D eigenvalue weighted by molar-refractivity contribution is 0.581. The predicted molar refractivity (Wildman–Crippen MR) is 81.3 cm³/mol. The number of fused-ring (bicyclic) bond motifs is 1. The number of pyridine rings is 1. The van der Waals surface area contributed by atoms with E-state index in [2.05, 4.69) is 10.4 Å². The van der Waals surface area contributed by atoms with Crippen molar-refractivity contribution >= 4 is 21.4 Å². The number of hydrazine groups is 1. The second kappa shape index (κ2) is 5.01. The minimum atomic E-state index is -3.76. The van der Waals surface area contributed by atoms with E-state index in [9.17, 15) is 8.42 Å². The van der Waals surface area contributed by atoms with Crippen molar-refractivity contribution in [2.24, 2.45) is 5.84 Å². The standard InChI is InChI=1S/C14H16N4O2S/c1-10-9-11-5-2-3-7-13(11)18(10)21(19,20)14-12(17-15)6-4-8-16-14/h2-8,10,17H,9,15H2,1H3. The van der Waals surface area contributed by atoms with E-state index in [0.29, 0.717) is 12.1 Å². The van der Waals surface area contributed by atoms with Gasteiger partial charge in [-0.1, -0.05) is 18.2 Å². The third-order valence-electron chi connectivity index (χ3n) is 3.57. The summed E-state index contributed by atoms with van der Waals surface area (Å²) in [5.41, 5.74) is 4.41. The van der Waals surface area contributed by atoms with Gasteiger partial charge in [0.05, 0.1) is 11.4 Å². The zero-order valence-corrected chi connectivity index (χ0v) is 12.3. The molecule has 3 rings (SSSR count). The predicted octanol–water partition coefficient (Wildman–Crippen LogP) is 1.51. The minimum absolute atomic E-state index is 0.0592. The number of para-hydroxylation sites is 1. The zero-order valence-electron chi connectivity index (χ0n) is 11.5. The van der Waals surface area contributed by atoms with Crippen molar-refractivity contribution in [1.29, 1.82) is 0 Å². The van der Waals surface area contributed by atoms with E-state index >= 15 is 0 Å². The van der Waals surface area contributed by atoms with Crippen molar-refractivity contribution in [1.82, 2.24) is 4.98 Å². The van der Waals surface area contributed by atoms with Gasteiger partial charge in [-0.2, -0.15) is 8.42 Å². The molecule has 0 saturated heterocycles. The summed E-state index contributed by atoms with van der Waals surface area (Å²) in [4.78, 5) is 4.00. The van der Waals surface area contributed by atoms with Crippen LogP contribution in [0.25, 0.3) is 0 Å². The molecule has 0 fully saturated rings. The summed E-state index contributed by atoms with van der Waals surface area (Å²) >= 11 is 0. The smallest absolute Gasteiger partial charge is 0.284 e. The summed E-state index contributed by atoms with van der Waals surface area (Å²) < 4.78 is 27.3. The molecule has 0 aliphatic carbocycles. The highest BCUT2D eigenvalue weighted by Crippen LogP contribution is 2.37. The second-order valence-electron chi connectivity index (χ2n) is 4.98. The van der Waals surface area contributed by atoms with Crippen molar-refractivity contribution in [3.8, 4) is 0 Å². The van der Waals surface area contributed by atoms with Gasteiger partial charge in [-0.3, -0.25) is 10.1 Å². The lowest BCUT2D eigenvalue weighted by atomic mass is 10.1. The number of nitrogens with zero attached hydrogens (tertiary/aromatic N) is 2. The van der Waals surface area contributed by atoms with Crippen LogP contribution in [-0.4, -0.2) is 19.4 Å². The normalized spacial score (nSPS) is 17.6. The average molecular weight is 304 g/mol. The number of hydrogen-bond acceptors (Lipinski definition) is 5. The molecule has 2 aromatic rings. The van der Waals surface area contributed by atoms with Crippen LogP contribution in [-0.2, 0) is 16.4 Å². The van der Waals surface area contributed by atoms with Crippen LogP contribution >= 0.6 is 0 Å². The van der Waals surface area contributed by atoms with Crippen LogP contribution in [0.2, 0.25) is 0 Å². The lowest BCUT2D eigenvalue weighted by Gasteiger charge is -2.24. The number of benzene rings is 1. The largest absolute Gasteiger partial charge is 0.321 e. The van der Waals surface area contributed by atoms with Crippen molar-refractivity contribution < 1.29 is 8.42 Å². The molecule has 1 aliphatic heterocycles. The third kappa shape index (κ3) is 2.14. The van der Waals surface area contributed by atoms with Crippen molar-refractivity contribution in [2.45, 2.75) is 24.4 Å². The van der Waals surface area contributed by atoms with E-state index in [4.69, 9.17) is 5.84 Å². The summed E-state index contributed by atoms with van der Waals surface area (Å²) in [5.74, 6) is 5.40. The molecule has 0 amide bonds. The number of aromatic nitrogens is 1. The van der Waals surface area contributed by atoms with Gasteiger partial charge >= 0.3 is 0 Å². The maximum Gasteiger partial charge on any atom is 0.284 e. The van der Waals surface area contributed by atoms with Crippen LogP contribution in [0.15, 0.2) is 47.6 Å². The van der Waals surface area contributed by atoms with Gasteiger partial charge in [0.2, 0.25) is 5.03 Å². The highest BCUT2D eigenvalue weighted by atomic mass is 32.2. The molecule has 110 valence electrons. The summed E-state index contributed by atoms with van der Waals surface area (Å²) in [6.07, 6.45) is 2.13. The summed E-state index contributed by atoms with van der Waals surface area (Å²) in [6, 6.07) is 10.6. The number of sulfonamides is 1. The zero-order chi connectivity index (χ0) is 15.0. The molecule has 7 heteroatoms. The number of nitrogens with two attached hydrogens (primary N) is 1. The molecular weight excluding hydrogens is 288 g/mol. The molecule has 3 N–H and O–H groups in total. The monoisotopic (exact) mass is 304 g/mol. The Labute approximate surface area is 123 Å². The van der Waals surface area contributed by atoms with E-state index in [1.54, 1.807) is 12.1 Å². The molecule has 0 spiro atoms.